The quantitative estimate of drug-likeness (QED) is 0.619. The van der Waals surface area contributed by atoms with Crippen LogP contribution in [0, 0.1) is 10.1 Å². The van der Waals surface area contributed by atoms with Crippen molar-refractivity contribution >= 4 is 17.3 Å². The van der Waals surface area contributed by atoms with Crippen LogP contribution in [0.15, 0.2) is 42.6 Å². The second-order valence-corrected chi connectivity index (χ2v) is 6.39. The first-order chi connectivity index (χ1) is 12.0. The molecule has 0 radical (unpaired) electrons. The van der Waals surface area contributed by atoms with Gasteiger partial charge >= 0.3 is 0 Å². The lowest BCUT2D eigenvalue weighted by atomic mass is 10.1. The summed E-state index contributed by atoms with van der Waals surface area (Å²) < 4.78 is 2.04. The topological polar surface area (TPSA) is 71.6 Å². The average Bonchev–Trinajstić information content (AvgIpc) is 3.22. The summed E-state index contributed by atoms with van der Waals surface area (Å²) in [6, 6.07) is 10.6. The fraction of sp³-hybridized carbons (Fsp3) is 0.389. The number of para-hydroxylation sites is 2. The van der Waals surface area contributed by atoms with Crippen LogP contribution in [0.4, 0.5) is 11.4 Å². The minimum atomic E-state index is -0.418. The number of aryl methyl sites for hydroxylation is 1. The molecule has 3 rings (SSSR count). The molecule has 0 unspecified atom stereocenters. The van der Waals surface area contributed by atoms with Crippen LogP contribution in [0.5, 0.6) is 0 Å². The highest BCUT2D eigenvalue weighted by Crippen LogP contribution is 2.32. The van der Waals surface area contributed by atoms with Crippen molar-refractivity contribution in [2.45, 2.75) is 18.9 Å². The van der Waals surface area contributed by atoms with Crippen molar-refractivity contribution in [1.82, 2.24) is 9.47 Å². The molecule has 1 aromatic carbocycles. The molecule has 2 heterocycles. The summed E-state index contributed by atoms with van der Waals surface area (Å²) >= 11 is 0. The lowest BCUT2D eigenvalue weighted by molar-refractivity contribution is -0.384. The lowest BCUT2D eigenvalue weighted by Crippen LogP contribution is -2.39. The number of aromatic nitrogens is 1. The van der Waals surface area contributed by atoms with E-state index in [-0.39, 0.29) is 24.2 Å². The van der Waals surface area contributed by atoms with Gasteiger partial charge in [-0.25, -0.2) is 0 Å². The molecule has 1 atom stereocenters. The molecule has 1 saturated heterocycles. The number of carbonyl (C=O) groups excluding carboxylic acids is 1. The van der Waals surface area contributed by atoms with Crippen molar-refractivity contribution in [3.05, 3.63) is 58.4 Å². The second kappa shape index (κ2) is 6.96. The standard InChI is InChI=1S/C18H22N4O3/c1-19-11-5-9-14(19)16-10-6-12-21(16)18(23)13-20(2)15-7-3-4-8-17(15)22(24)25/h3-5,7-9,11,16H,6,10,12-13H2,1-2H3/t16-/m1/s1. The molecule has 0 N–H and O–H groups in total. The van der Waals surface area contributed by atoms with Gasteiger partial charge in [0.15, 0.2) is 0 Å². The summed E-state index contributed by atoms with van der Waals surface area (Å²) in [5.41, 5.74) is 1.59. The van der Waals surface area contributed by atoms with Crippen molar-refractivity contribution in [3.8, 4) is 0 Å². The van der Waals surface area contributed by atoms with Crippen molar-refractivity contribution < 1.29 is 9.72 Å². The van der Waals surface area contributed by atoms with E-state index in [1.54, 1.807) is 30.1 Å². The molecule has 7 heteroatoms. The molecule has 1 amide bonds. The van der Waals surface area contributed by atoms with Crippen LogP contribution in [0.2, 0.25) is 0 Å². The van der Waals surface area contributed by atoms with Gasteiger partial charge in [0, 0.05) is 38.6 Å². The number of anilines is 1. The van der Waals surface area contributed by atoms with Crippen molar-refractivity contribution in [2.24, 2.45) is 7.05 Å². The van der Waals surface area contributed by atoms with Gasteiger partial charge < -0.3 is 14.4 Å². The molecule has 0 spiro atoms. The zero-order chi connectivity index (χ0) is 18.0. The van der Waals surface area contributed by atoms with E-state index < -0.39 is 4.92 Å². The molecule has 1 aliphatic heterocycles. The molecule has 0 bridgehead atoms. The average molecular weight is 342 g/mol. The Hall–Kier alpha value is -2.83. The number of benzene rings is 1. The highest BCUT2D eigenvalue weighted by Gasteiger charge is 2.32. The number of hydrogen-bond acceptors (Lipinski definition) is 4. The third-order valence-electron chi connectivity index (χ3n) is 4.76. The van der Waals surface area contributed by atoms with E-state index in [2.05, 4.69) is 0 Å². The first-order valence-corrected chi connectivity index (χ1v) is 8.34. The summed E-state index contributed by atoms with van der Waals surface area (Å²) in [7, 11) is 3.70. The van der Waals surface area contributed by atoms with E-state index >= 15 is 0 Å². The van der Waals surface area contributed by atoms with Gasteiger partial charge in [0.25, 0.3) is 5.69 Å². The summed E-state index contributed by atoms with van der Waals surface area (Å²) in [4.78, 5) is 27.2. The van der Waals surface area contributed by atoms with Gasteiger partial charge in [-0.1, -0.05) is 12.1 Å². The maximum absolute atomic E-state index is 12.8. The van der Waals surface area contributed by atoms with Gasteiger partial charge in [-0.2, -0.15) is 0 Å². The normalized spacial score (nSPS) is 16.9. The number of nitro groups is 1. The van der Waals surface area contributed by atoms with Crippen LogP contribution < -0.4 is 4.90 Å². The summed E-state index contributed by atoms with van der Waals surface area (Å²) in [5, 5.41) is 11.2. The maximum Gasteiger partial charge on any atom is 0.292 e. The van der Waals surface area contributed by atoms with Gasteiger partial charge in [0.1, 0.15) is 5.69 Å². The number of likely N-dealkylation sites (tertiary alicyclic amines) is 1. The van der Waals surface area contributed by atoms with E-state index in [9.17, 15) is 14.9 Å². The third kappa shape index (κ3) is 3.35. The number of amides is 1. The summed E-state index contributed by atoms with van der Waals surface area (Å²) in [6.45, 7) is 0.838. The third-order valence-corrected chi connectivity index (χ3v) is 4.76. The predicted octanol–water partition coefficient (Wildman–Crippen LogP) is 2.73. The number of carbonyl (C=O) groups is 1. The zero-order valence-corrected chi connectivity index (χ0v) is 14.5. The molecule has 2 aromatic rings. The Balaban J connectivity index is 1.76. The van der Waals surface area contributed by atoms with Crippen LogP contribution in [0.3, 0.4) is 0 Å². The maximum atomic E-state index is 12.8. The smallest absolute Gasteiger partial charge is 0.292 e. The highest BCUT2D eigenvalue weighted by molar-refractivity contribution is 5.83. The second-order valence-electron chi connectivity index (χ2n) is 6.39. The fourth-order valence-corrected chi connectivity index (χ4v) is 3.51. The molecule has 0 aliphatic carbocycles. The van der Waals surface area contributed by atoms with Gasteiger partial charge in [-0.3, -0.25) is 14.9 Å². The van der Waals surface area contributed by atoms with Crippen LogP contribution in [-0.2, 0) is 11.8 Å². The molecule has 0 saturated carbocycles. The van der Waals surface area contributed by atoms with E-state index in [0.29, 0.717) is 5.69 Å². The minimum Gasteiger partial charge on any atom is -0.360 e. The Bertz CT molecular complexity index is 786. The van der Waals surface area contributed by atoms with E-state index in [1.165, 1.54) is 6.07 Å². The van der Waals surface area contributed by atoms with Crippen molar-refractivity contribution in [1.29, 1.82) is 0 Å². The Kier molecular flexibility index (Phi) is 4.74. The molecule has 1 aliphatic rings. The Morgan fingerprint density at radius 3 is 2.76 bits per heavy atom. The number of nitrogens with zero attached hydrogens (tertiary/aromatic N) is 4. The lowest BCUT2D eigenvalue weighted by Gasteiger charge is -2.28. The van der Waals surface area contributed by atoms with E-state index in [0.717, 1.165) is 25.1 Å². The summed E-state index contributed by atoms with van der Waals surface area (Å²) in [6.07, 6.45) is 3.89. The van der Waals surface area contributed by atoms with Crippen LogP contribution in [0.1, 0.15) is 24.6 Å². The number of rotatable bonds is 5. The highest BCUT2D eigenvalue weighted by atomic mass is 16.6. The van der Waals surface area contributed by atoms with Crippen molar-refractivity contribution in [3.63, 3.8) is 0 Å². The predicted molar refractivity (Wildman–Crippen MR) is 95.5 cm³/mol. The van der Waals surface area contributed by atoms with Gasteiger partial charge in [-0.15, -0.1) is 0 Å². The van der Waals surface area contributed by atoms with Crippen molar-refractivity contribution in [2.75, 3.05) is 25.0 Å². The largest absolute Gasteiger partial charge is 0.360 e. The van der Waals surface area contributed by atoms with Gasteiger partial charge in [0.2, 0.25) is 5.91 Å². The van der Waals surface area contributed by atoms with Gasteiger partial charge in [0.05, 0.1) is 17.5 Å². The van der Waals surface area contributed by atoms with E-state index in [4.69, 9.17) is 0 Å². The first-order valence-electron chi connectivity index (χ1n) is 8.34. The first kappa shape index (κ1) is 17.0. The van der Waals surface area contributed by atoms with E-state index in [1.807, 2.05) is 34.8 Å². The molecular weight excluding hydrogens is 320 g/mol. The molecule has 132 valence electrons. The Morgan fingerprint density at radius 2 is 2.08 bits per heavy atom. The molecule has 1 fully saturated rings. The Morgan fingerprint density at radius 1 is 1.32 bits per heavy atom. The fourth-order valence-electron chi connectivity index (χ4n) is 3.51. The molecule has 7 nitrogen and oxygen atoms in total. The summed E-state index contributed by atoms with van der Waals surface area (Å²) in [5.74, 6) is -0.00986. The van der Waals surface area contributed by atoms with Gasteiger partial charge in [-0.05, 0) is 31.0 Å². The molecule has 1 aromatic heterocycles. The SMILES string of the molecule is CN(CC(=O)N1CCC[C@@H]1c1cccn1C)c1ccccc1[N+](=O)[O-]. The molecule has 25 heavy (non-hydrogen) atoms. The van der Waals surface area contributed by atoms with Crippen LogP contribution in [-0.4, -0.2) is 40.4 Å². The zero-order valence-electron chi connectivity index (χ0n) is 14.5. The Labute approximate surface area is 146 Å². The minimum absolute atomic E-state index is 0.00986. The number of nitro benzene ring substituents is 1. The number of hydrogen-bond donors (Lipinski definition) is 0. The molecular formula is C18H22N4O3. The monoisotopic (exact) mass is 342 g/mol. The van der Waals surface area contributed by atoms with Crippen LogP contribution >= 0.6 is 0 Å². The number of likely N-dealkylation sites (N-methyl/N-ethyl adjacent to an activating group) is 1. The van der Waals surface area contributed by atoms with Crippen LogP contribution in [0.25, 0.3) is 0 Å².